The van der Waals surface area contributed by atoms with Crippen molar-refractivity contribution in [1.82, 2.24) is 10.3 Å². The molecule has 1 aromatic carbocycles. The van der Waals surface area contributed by atoms with Crippen molar-refractivity contribution in [2.45, 2.75) is 39.7 Å². The number of pyridine rings is 1. The van der Waals surface area contributed by atoms with Gasteiger partial charge in [0.15, 0.2) is 0 Å². The molecule has 0 amide bonds. The van der Waals surface area contributed by atoms with Crippen LogP contribution in [-0.4, -0.2) is 11.5 Å². The number of hydrogen-bond donors (Lipinski definition) is 1. The first-order valence-electron chi connectivity index (χ1n) is 7.35. The number of aromatic nitrogens is 1. The number of nitrogens with zero attached hydrogens (tertiary/aromatic N) is 1. The van der Waals surface area contributed by atoms with E-state index in [1.165, 1.54) is 17.4 Å². The van der Waals surface area contributed by atoms with E-state index in [0.717, 1.165) is 18.5 Å². The third-order valence-corrected chi connectivity index (χ3v) is 3.84. The summed E-state index contributed by atoms with van der Waals surface area (Å²) in [6.45, 7) is 7.86. The topological polar surface area (TPSA) is 24.9 Å². The lowest BCUT2D eigenvalue weighted by Crippen LogP contribution is -2.27. The largest absolute Gasteiger partial charge is 0.310 e. The van der Waals surface area contributed by atoms with E-state index in [2.05, 4.69) is 55.3 Å². The van der Waals surface area contributed by atoms with Gasteiger partial charge in [-0.25, -0.2) is 0 Å². The zero-order valence-corrected chi connectivity index (χ0v) is 12.2. The molecule has 19 heavy (non-hydrogen) atoms. The van der Waals surface area contributed by atoms with Gasteiger partial charge in [0.1, 0.15) is 0 Å². The summed E-state index contributed by atoms with van der Waals surface area (Å²) in [7, 11) is 0. The molecule has 0 saturated carbocycles. The molecule has 0 bridgehead atoms. The fourth-order valence-electron chi connectivity index (χ4n) is 2.55. The van der Waals surface area contributed by atoms with Crippen molar-refractivity contribution < 1.29 is 0 Å². The Bertz CT molecular complexity index is 516. The smallest absolute Gasteiger partial charge is 0.0705 e. The molecule has 0 aliphatic heterocycles. The van der Waals surface area contributed by atoms with Crippen molar-refractivity contribution in [1.29, 1.82) is 0 Å². The van der Waals surface area contributed by atoms with Crippen molar-refractivity contribution in [2.75, 3.05) is 6.54 Å². The summed E-state index contributed by atoms with van der Waals surface area (Å²) >= 11 is 0. The predicted octanol–water partition coefficient (Wildman–Crippen LogP) is 4.32. The monoisotopic (exact) mass is 256 g/mol. The van der Waals surface area contributed by atoms with Crippen LogP contribution < -0.4 is 5.32 Å². The fourth-order valence-corrected chi connectivity index (χ4v) is 2.55. The summed E-state index contributed by atoms with van der Waals surface area (Å²) in [4.78, 5) is 4.46. The van der Waals surface area contributed by atoms with E-state index >= 15 is 0 Å². The van der Waals surface area contributed by atoms with Gasteiger partial charge in [-0.1, -0.05) is 45.4 Å². The zero-order valence-electron chi connectivity index (χ0n) is 12.2. The molecule has 102 valence electrons. The summed E-state index contributed by atoms with van der Waals surface area (Å²) in [5, 5.41) is 4.98. The molecule has 0 saturated heterocycles. The standard InChI is InChI=1S/C17H24N2/c1-4-11-19-17(13(3)5-2)15-8-6-10-16-14(15)9-7-12-18-16/h6-10,12-13,17,19H,4-5,11H2,1-3H3. The average Bonchev–Trinajstić information content (AvgIpc) is 2.47. The summed E-state index contributed by atoms with van der Waals surface area (Å²) in [5.74, 6) is 0.623. The van der Waals surface area contributed by atoms with Gasteiger partial charge in [0.2, 0.25) is 0 Å². The maximum atomic E-state index is 4.46. The Morgan fingerprint density at radius 2 is 2.00 bits per heavy atom. The number of nitrogens with one attached hydrogen (secondary N) is 1. The second-order valence-electron chi connectivity index (χ2n) is 5.23. The molecule has 2 rings (SSSR count). The molecule has 2 nitrogen and oxygen atoms in total. The SMILES string of the molecule is CCCNC(c1cccc2ncccc12)C(C)CC. The van der Waals surface area contributed by atoms with Crippen LogP contribution in [0.5, 0.6) is 0 Å². The van der Waals surface area contributed by atoms with E-state index in [4.69, 9.17) is 0 Å². The molecule has 0 aliphatic carbocycles. The van der Waals surface area contributed by atoms with Crippen LogP contribution in [0.1, 0.15) is 45.2 Å². The van der Waals surface area contributed by atoms with E-state index in [9.17, 15) is 0 Å². The van der Waals surface area contributed by atoms with Crippen molar-refractivity contribution in [3.8, 4) is 0 Å². The van der Waals surface area contributed by atoms with Crippen LogP contribution >= 0.6 is 0 Å². The van der Waals surface area contributed by atoms with Gasteiger partial charge in [-0.05, 0) is 36.6 Å². The highest BCUT2D eigenvalue weighted by atomic mass is 14.9. The Labute approximate surface area is 116 Å². The highest BCUT2D eigenvalue weighted by molar-refractivity contribution is 5.82. The van der Waals surface area contributed by atoms with Gasteiger partial charge in [-0.15, -0.1) is 0 Å². The van der Waals surface area contributed by atoms with E-state index in [1.807, 2.05) is 12.3 Å². The molecule has 2 heteroatoms. The first-order chi connectivity index (χ1) is 9.27. The number of rotatable bonds is 6. The van der Waals surface area contributed by atoms with E-state index in [1.54, 1.807) is 0 Å². The normalized spacial score (nSPS) is 14.5. The summed E-state index contributed by atoms with van der Waals surface area (Å²) < 4.78 is 0. The van der Waals surface area contributed by atoms with Gasteiger partial charge >= 0.3 is 0 Å². The molecular weight excluding hydrogens is 232 g/mol. The van der Waals surface area contributed by atoms with Crippen molar-refractivity contribution in [2.24, 2.45) is 5.92 Å². The minimum Gasteiger partial charge on any atom is -0.310 e. The molecule has 2 aromatic rings. The third-order valence-electron chi connectivity index (χ3n) is 3.84. The lowest BCUT2D eigenvalue weighted by Gasteiger charge is -2.26. The van der Waals surface area contributed by atoms with Gasteiger partial charge in [0.25, 0.3) is 0 Å². The van der Waals surface area contributed by atoms with E-state index in [-0.39, 0.29) is 0 Å². The van der Waals surface area contributed by atoms with Gasteiger partial charge in [-0.2, -0.15) is 0 Å². The number of benzene rings is 1. The molecule has 1 N–H and O–H groups in total. The molecule has 0 fully saturated rings. The van der Waals surface area contributed by atoms with Crippen molar-refractivity contribution in [3.63, 3.8) is 0 Å². The second kappa shape index (κ2) is 6.67. The lowest BCUT2D eigenvalue weighted by molar-refractivity contribution is 0.379. The Hall–Kier alpha value is -1.41. The summed E-state index contributed by atoms with van der Waals surface area (Å²) in [5.41, 5.74) is 2.47. The van der Waals surface area contributed by atoms with Crippen LogP contribution in [-0.2, 0) is 0 Å². The first-order valence-corrected chi connectivity index (χ1v) is 7.35. The molecule has 1 heterocycles. The quantitative estimate of drug-likeness (QED) is 0.832. The van der Waals surface area contributed by atoms with Crippen LogP contribution in [0.4, 0.5) is 0 Å². The average molecular weight is 256 g/mol. The Kier molecular flexibility index (Phi) is 4.92. The Morgan fingerprint density at radius 3 is 2.74 bits per heavy atom. The minimum atomic E-state index is 0.415. The summed E-state index contributed by atoms with van der Waals surface area (Å²) in [6.07, 6.45) is 4.21. The van der Waals surface area contributed by atoms with Crippen molar-refractivity contribution in [3.05, 3.63) is 42.1 Å². The molecule has 2 atom stereocenters. The zero-order chi connectivity index (χ0) is 13.7. The third kappa shape index (κ3) is 3.13. The number of hydrogen-bond acceptors (Lipinski definition) is 2. The molecule has 2 unspecified atom stereocenters. The highest BCUT2D eigenvalue weighted by Crippen LogP contribution is 2.29. The van der Waals surface area contributed by atoms with Crippen LogP contribution in [0, 0.1) is 5.92 Å². The van der Waals surface area contributed by atoms with Crippen LogP contribution in [0.25, 0.3) is 10.9 Å². The van der Waals surface area contributed by atoms with Crippen LogP contribution in [0.3, 0.4) is 0 Å². The van der Waals surface area contributed by atoms with Crippen LogP contribution in [0.15, 0.2) is 36.5 Å². The minimum absolute atomic E-state index is 0.415. The van der Waals surface area contributed by atoms with Crippen LogP contribution in [0.2, 0.25) is 0 Å². The summed E-state index contributed by atoms with van der Waals surface area (Å²) in [6, 6.07) is 11.1. The van der Waals surface area contributed by atoms with Gasteiger partial charge in [0.05, 0.1) is 5.52 Å². The van der Waals surface area contributed by atoms with Gasteiger partial charge < -0.3 is 5.32 Å². The van der Waals surface area contributed by atoms with E-state index in [0.29, 0.717) is 12.0 Å². The second-order valence-corrected chi connectivity index (χ2v) is 5.23. The molecule has 1 aromatic heterocycles. The maximum Gasteiger partial charge on any atom is 0.0705 e. The molecular formula is C17H24N2. The molecule has 0 spiro atoms. The Balaban J connectivity index is 2.43. The lowest BCUT2D eigenvalue weighted by atomic mass is 9.90. The first kappa shape index (κ1) is 14.0. The predicted molar refractivity (Wildman–Crippen MR) is 82.2 cm³/mol. The highest BCUT2D eigenvalue weighted by Gasteiger charge is 2.19. The number of fused-ring (bicyclic) bond motifs is 1. The Morgan fingerprint density at radius 1 is 1.16 bits per heavy atom. The van der Waals surface area contributed by atoms with E-state index < -0.39 is 0 Å². The van der Waals surface area contributed by atoms with Crippen molar-refractivity contribution >= 4 is 10.9 Å². The molecule has 0 aliphatic rings. The maximum absolute atomic E-state index is 4.46. The van der Waals surface area contributed by atoms with Gasteiger partial charge in [0, 0.05) is 17.6 Å². The van der Waals surface area contributed by atoms with Gasteiger partial charge in [-0.3, -0.25) is 4.98 Å². The fraction of sp³-hybridized carbons (Fsp3) is 0.471. The molecule has 0 radical (unpaired) electrons.